The van der Waals surface area contributed by atoms with Crippen LogP contribution in [-0.4, -0.2) is 23.5 Å². The molecule has 0 saturated heterocycles. The minimum absolute atomic E-state index is 0.569. The Morgan fingerprint density at radius 2 is 2.35 bits per heavy atom. The van der Waals surface area contributed by atoms with E-state index in [1.807, 2.05) is 6.92 Å². The van der Waals surface area contributed by atoms with Crippen LogP contribution in [0.4, 0.5) is 0 Å². The van der Waals surface area contributed by atoms with Gasteiger partial charge in [-0.25, -0.2) is 4.98 Å². The van der Waals surface area contributed by atoms with Gasteiger partial charge in [-0.15, -0.1) is 22.7 Å². The van der Waals surface area contributed by atoms with E-state index in [0.717, 1.165) is 23.7 Å². The molecule has 4 nitrogen and oxygen atoms in total. The average Bonchev–Trinajstić information content (AvgIpc) is 2.92. The molecule has 6 heteroatoms. The van der Waals surface area contributed by atoms with Gasteiger partial charge in [-0.05, 0) is 31.9 Å². The molecule has 2 aromatic rings. The Kier molecular flexibility index (Phi) is 4.03. The summed E-state index contributed by atoms with van der Waals surface area (Å²) in [7, 11) is 0. The van der Waals surface area contributed by atoms with E-state index in [9.17, 15) is 0 Å². The maximum absolute atomic E-state index is 5.81. The summed E-state index contributed by atoms with van der Waals surface area (Å²) >= 11 is 3.48. The van der Waals surface area contributed by atoms with E-state index < -0.39 is 0 Å². The van der Waals surface area contributed by atoms with E-state index >= 15 is 0 Å². The van der Waals surface area contributed by atoms with E-state index in [2.05, 4.69) is 32.8 Å². The molecule has 0 aromatic carbocycles. The topological polar surface area (TPSA) is 63.3 Å². The lowest BCUT2D eigenvalue weighted by Gasteiger charge is -2.02. The second kappa shape index (κ2) is 5.93. The number of nitrogens with one attached hydrogen (secondary N) is 1. The summed E-state index contributed by atoms with van der Waals surface area (Å²) in [5.41, 5.74) is 6.90. The molecule has 1 aliphatic carbocycles. The monoisotopic (exact) mass is 306 g/mol. The summed E-state index contributed by atoms with van der Waals surface area (Å²) in [6.45, 7) is 2.77. The molecular formula is C14H18N4S2. The third kappa shape index (κ3) is 3.58. The largest absolute Gasteiger partial charge is 0.370 e. The summed E-state index contributed by atoms with van der Waals surface area (Å²) in [4.78, 5) is 11.4. The van der Waals surface area contributed by atoms with Crippen molar-refractivity contribution in [1.29, 1.82) is 0 Å². The molecule has 0 unspecified atom stereocenters. The van der Waals surface area contributed by atoms with Gasteiger partial charge in [0, 0.05) is 29.3 Å². The Hall–Kier alpha value is -1.40. The molecule has 0 radical (unpaired) electrons. The number of nitrogens with two attached hydrogens (primary N) is 1. The van der Waals surface area contributed by atoms with Gasteiger partial charge in [-0.3, -0.25) is 4.99 Å². The van der Waals surface area contributed by atoms with E-state index in [-0.39, 0.29) is 0 Å². The third-order valence-corrected chi connectivity index (χ3v) is 5.04. The number of guanidine groups is 1. The van der Waals surface area contributed by atoms with Crippen LogP contribution in [0.25, 0.3) is 10.6 Å². The number of hydrogen-bond acceptors (Lipinski definition) is 4. The molecule has 2 aromatic heterocycles. The first-order chi connectivity index (χ1) is 9.70. The molecule has 1 saturated carbocycles. The molecule has 1 aliphatic rings. The van der Waals surface area contributed by atoms with Crippen LogP contribution in [0.2, 0.25) is 0 Å². The summed E-state index contributed by atoms with van der Waals surface area (Å²) in [5, 5.41) is 6.42. The van der Waals surface area contributed by atoms with Crippen LogP contribution in [0.5, 0.6) is 0 Å². The number of aryl methyl sites for hydroxylation is 1. The van der Waals surface area contributed by atoms with Crippen molar-refractivity contribution in [3.63, 3.8) is 0 Å². The molecule has 0 amide bonds. The fourth-order valence-electron chi connectivity index (χ4n) is 1.90. The third-order valence-electron chi connectivity index (χ3n) is 3.10. The summed E-state index contributed by atoms with van der Waals surface area (Å²) in [5.74, 6) is 0.583. The van der Waals surface area contributed by atoms with Gasteiger partial charge in [-0.1, -0.05) is 0 Å². The fraction of sp³-hybridized carbons (Fsp3) is 0.429. The number of nitrogens with zero attached hydrogens (tertiary/aromatic N) is 2. The van der Waals surface area contributed by atoms with Crippen molar-refractivity contribution in [3.8, 4) is 10.6 Å². The maximum atomic E-state index is 5.81. The minimum atomic E-state index is 0.569. The van der Waals surface area contributed by atoms with E-state index in [1.165, 1.54) is 22.6 Å². The first kappa shape index (κ1) is 13.6. The zero-order chi connectivity index (χ0) is 13.9. The van der Waals surface area contributed by atoms with Gasteiger partial charge in [0.2, 0.25) is 0 Å². The Labute approximate surface area is 126 Å². The molecule has 3 rings (SSSR count). The van der Waals surface area contributed by atoms with Gasteiger partial charge in [0.25, 0.3) is 0 Å². The second-order valence-corrected chi connectivity index (χ2v) is 7.18. The maximum Gasteiger partial charge on any atom is 0.188 e. The Morgan fingerprint density at radius 1 is 1.50 bits per heavy atom. The first-order valence-electron chi connectivity index (χ1n) is 6.78. The first-order valence-corrected chi connectivity index (χ1v) is 8.48. The number of aromatic nitrogens is 1. The smallest absolute Gasteiger partial charge is 0.188 e. The zero-order valence-electron chi connectivity index (χ0n) is 11.4. The summed E-state index contributed by atoms with van der Waals surface area (Å²) < 4.78 is 0. The SMILES string of the molecule is Cc1nc(-c2ccc(CCN=C(N)NC3CC3)s2)cs1. The van der Waals surface area contributed by atoms with Crippen LogP contribution in [0.3, 0.4) is 0 Å². The van der Waals surface area contributed by atoms with Gasteiger partial charge < -0.3 is 11.1 Å². The molecule has 0 aliphatic heterocycles. The van der Waals surface area contributed by atoms with Crippen molar-refractivity contribution in [3.05, 3.63) is 27.4 Å². The van der Waals surface area contributed by atoms with E-state index in [1.54, 1.807) is 22.7 Å². The number of thiazole rings is 1. The Morgan fingerprint density at radius 3 is 3.05 bits per heavy atom. The molecule has 0 bridgehead atoms. The van der Waals surface area contributed by atoms with Crippen molar-refractivity contribution in [2.45, 2.75) is 32.2 Å². The van der Waals surface area contributed by atoms with Crippen molar-refractivity contribution in [1.82, 2.24) is 10.3 Å². The predicted molar refractivity (Wildman–Crippen MR) is 86.5 cm³/mol. The molecule has 0 atom stereocenters. The number of thiophene rings is 1. The number of aliphatic imine (C=N–C) groups is 1. The van der Waals surface area contributed by atoms with Crippen LogP contribution in [0.1, 0.15) is 22.7 Å². The Bertz CT molecular complexity index is 610. The lowest BCUT2D eigenvalue weighted by Crippen LogP contribution is -2.33. The molecule has 20 heavy (non-hydrogen) atoms. The van der Waals surface area contributed by atoms with Crippen LogP contribution in [0.15, 0.2) is 22.5 Å². The molecule has 0 spiro atoms. The summed E-state index contributed by atoms with van der Waals surface area (Å²) in [6.07, 6.45) is 3.37. The molecule has 106 valence electrons. The van der Waals surface area contributed by atoms with Crippen molar-refractivity contribution in [2.24, 2.45) is 10.7 Å². The summed E-state index contributed by atoms with van der Waals surface area (Å²) in [6, 6.07) is 4.87. The van der Waals surface area contributed by atoms with Gasteiger partial charge in [0.15, 0.2) is 5.96 Å². The molecule has 1 fully saturated rings. The second-order valence-electron chi connectivity index (χ2n) is 4.95. The van der Waals surface area contributed by atoms with Crippen LogP contribution < -0.4 is 11.1 Å². The van der Waals surface area contributed by atoms with E-state index in [0.29, 0.717) is 12.0 Å². The van der Waals surface area contributed by atoms with Crippen molar-refractivity contribution in [2.75, 3.05) is 6.54 Å². The zero-order valence-corrected chi connectivity index (χ0v) is 13.1. The molecule has 2 heterocycles. The lowest BCUT2D eigenvalue weighted by molar-refractivity contribution is 0.873. The van der Waals surface area contributed by atoms with Gasteiger partial charge in [-0.2, -0.15) is 0 Å². The minimum Gasteiger partial charge on any atom is -0.370 e. The van der Waals surface area contributed by atoms with E-state index in [4.69, 9.17) is 5.73 Å². The highest BCUT2D eigenvalue weighted by Gasteiger charge is 2.21. The van der Waals surface area contributed by atoms with Gasteiger partial charge >= 0.3 is 0 Å². The lowest BCUT2D eigenvalue weighted by atomic mass is 10.3. The number of rotatable bonds is 5. The highest BCUT2D eigenvalue weighted by molar-refractivity contribution is 7.16. The molecule has 3 N–H and O–H groups in total. The quantitative estimate of drug-likeness (QED) is 0.659. The van der Waals surface area contributed by atoms with Crippen LogP contribution >= 0.6 is 22.7 Å². The normalized spacial score (nSPS) is 15.6. The highest BCUT2D eigenvalue weighted by Crippen LogP contribution is 2.29. The average molecular weight is 306 g/mol. The molecular weight excluding hydrogens is 288 g/mol. The van der Waals surface area contributed by atoms with Gasteiger partial charge in [0.1, 0.15) is 0 Å². The Balaban J connectivity index is 1.54. The predicted octanol–water partition coefficient (Wildman–Crippen LogP) is 2.79. The van der Waals surface area contributed by atoms with Crippen molar-refractivity contribution >= 4 is 28.6 Å². The van der Waals surface area contributed by atoms with Crippen molar-refractivity contribution < 1.29 is 0 Å². The standard InChI is InChI=1S/C14H18N4S2/c1-9-17-12(8-19-9)13-5-4-11(20-13)6-7-16-14(15)18-10-2-3-10/h4-5,8,10H,2-3,6-7H2,1H3,(H3,15,16,18). The van der Waals surface area contributed by atoms with Gasteiger partial charge in [0.05, 0.1) is 15.6 Å². The van der Waals surface area contributed by atoms with Crippen LogP contribution in [-0.2, 0) is 6.42 Å². The number of hydrogen-bond donors (Lipinski definition) is 2. The fourth-order valence-corrected chi connectivity index (χ4v) is 3.54. The highest BCUT2D eigenvalue weighted by atomic mass is 32.1. The van der Waals surface area contributed by atoms with Crippen LogP contribution in [0, 0.1) is 6.92 Å².